The Labute approximate surface area is 128 Å². The van der Waals surface area contributed by atoms with Gasteiger partial charge in [-0.3, -0.25) is 4.79 Å². The molecule has 0 aliphatic rings. The van der Waals surface area contributed by atoms with Gasteiger partial charge in [0, 0.05) is 16.1 Å². The SMILES string of the molecule is COC(=O)CC(C)(C)CC(N)c1cc(Br)ccc1OC. The van der Waals surface area contributed by atoms with E-state index >= 15 is 0 Å². The van der Waals surface area contributed by atoms with Crippen LogP contribution >= 0.6 is 15.9 Å². The monoisotopic (exact) mass is 343 g/mol. The molecule has 0 aromatic heterocycles. The van der Waals surface area contributed by atoms with Crippen LogP contribution in [0.3, 0.4) is 0 Å². The molecule has 0 radical (unpaired) electrons. The molecule has 1 unspecified atom stereocenters. The van der Waals surface area contributed by atoms with Crippen molar-refractivity contribution in [2.45, 2.75) is 32.7 Å². The number of ether oxygens (including phenoxy) is 2. The van der Waals surface area contributed by atoms with Crippen LogP contribution in [0.4, 0.5) is 0 Å². The van der Waals surface area contributed by atoms with Crippen molar-refractivity contribution in [3.63, 3.8) is 0 Å². The van der Waals surface area contributed by atoms with E-state index in [1.165, 1.54) is 7.11 Å². The summed E-state index contributed by atoms with van der Waals surface area (Å²) in [7, 11) is 3.02. The molecular formula is C15H22BrNO3. The zero-order valence-electron chi connectivity index (χ0n) is 12.4. The van der Waals surface area contributed by atoms with Gasteiger partial charge >= 0.3 is 5.97 Å². The van der Waals surface area contributed by atoms with Crippen molar-refractivity contribution in [3.8, 4) is 5.75 Å². The normalized spacial score (nSPS) is 12.9. The van der Waals surface area contributed by atoms with Crippen LogP contribution in [0.2, 0.25) is 0 Å². The molecule has 1 aromatic carbocycles. The summed E-state index contributed by atoms with van der Waals surface area (Å²) >= 11 is 3.44. The van der Waals surface area contributed by atoms with Gasteiger partial charge in [0.15, 0.2) is 0 Å². The van der Waals surface area contributed by atoms with Gasteiger partial charge in [0.05, 0.1) is 20.6 Å². The highest BCUT2D eigenvalue weighted by atomic mass is 79.9. The van der Waals surface area contributed by atoms with Gasteiger partial charge in [-0.25, -0.2) is 0 Å². The molecule has 0 spiro atoms. The first-order valence-corrected chi connectivity index (χ1v) is 7.24. The maximum Gasteiger partial charge on any atom is 0.306 e. The largest absolute Gasteiger partial charge is 0.496 e. The fraction of sp³-hybridized carbons (Fsp3) is 0.533. The van der Waals surface area contributed by atoms with Crippen LogP contribution < -0.4 is 10.5 Å². The molecule has 0 amide bonds. The first-order chi connectivity index (χ1) is 9.29. The lowest BCUT2D eigenvalue weighted by atomic mass is 9.81. The third-order valence-electron chi connectivity index (χ3n) is 3.21. The van der Waals surface area contributed by atoms with Gasteiger partial charge in [0.1, 0.15) is 5.75 Å². The van der Waals surface area contributed by atoms with E-state index in [9.17, 15) is 4.79 Å². The predicted octanol–water partition coefficient (Wildman–Crippen LogP) is 3.44. The van der Waals surface area contributed by atoms with E-state index in [2.05, 4.69) is 15.9 Å². The van der Waals surface area contributed by atoms with Crippen molar-refractivity contribution in [1.82, 2.24) is 0 Å². The number of rotatable bonds is 6. The third kappa shape index (κ3) is 4.80. The van der Waals surface area contributed by atoms with Crippen LogP contribution in [0.5, 0.6) is 5.75 Å². The van der Waals surface area contributed by atoms with E-state index < -0.39 is 0 Å². The van der Waals surface area contributed by atoms with Crippen molar-refractivity contribution in [3.05, 3.63) is 28.2 Å². The number of nitrogens with two attached hydrogens (primary N) is 1. The number of hydrogen-bond donors (Lipinski definition) is 1. The Morgan fingerprint density at radius 3 is 2.60 bits per heavy atom. The lowest BCUT2D eigenvalue weighted by Crippen LogP contribution is -2.25. The van der Waals surface area contributed by atoms with Crippen LogP contribution in [0.1, 0.15) is 38.3 Å². The minimum Gasteiger partial charge on any atom is -0.496 e. The topological polar surface area (TPSA) is 61.5 Å². The van der Waals surface area contributed by atoms with Crippen LogP contribution in [0, 0.1) is 5.41 Å². The van der Waals surface area contributed by atoms with Crippen molar-refractivity contribution in [1.29, 1.82) is 0 Å². The van der Waals surface area contributed by atoms with E-state index in [1.54, 1.807) is 7.11 Å². The Morgan fingerprint density at radius 2 is 2.05 bits per heavy atom. The van der Waals surface area contributed by atoms with Gasteiger partial charge in [-0.2, -0.15) is 0 Å². The molecule has 0 bridgehead atoms. The molecule has 1 atom stereocenters. The number of hydrogen-bond acceptors (Lipinski definition) is 4. The summed E-state index contributed by atoms with van der Waals surface area (Å²) in [4.78, 5) is 11.4. The molecule has 5 heteroatoms. The Bertz CT molecular complexity index is 474. The van der Waals surface area contributed by atoms with Gasteiger partial charge in [-0.05, 0) is 30.0 Å². The van der Waals surface area contributed by atoms with Gasteiger partial charge in [-0.1, -0.05) is 29.8 Å². The summed E-state index contributed by atoms with van der Waals surface area (Å²) < 4.78 is 11.0. The average molecular weight is 344 g/mol. The maximum absolute atomic E-state index is 11.4. The first-order valence-electron chi connectivity index (χ1n) is 6.45. The van der Waals surface area contributed by atoms with Crippen molar-refractivity contribution < 1.29 is 14.3 Å². The van der Waals surface area contributed by atoms with Gasteiger partial charge in [0.25, 0.3) is 0 Å². The molecule has 1 rings (SSSR count). The van der Waals surface area contributed by atoms with Crippen molar-refractivity contribution in [2.75, 3.05) is 14.2 Å². The highest BCUT2D eigenvalue weighted by molar-refractivity contribution is 9.10. The van der Waals surface area contributed by atoms with Gasteiger partial charge in [0.2, 0.25) is 0 Å². The summed E-state index contributed by atoms with van der Waals surface area (Å²) in [5.74, 6) is 0.540. The molecule has 112 valence electrons. The molecule has 2 N–H and O–H groups in total. The molecule has 1 aromatic rings. The second-order valence-corrected chi connectivity index (χ2v) is 6.53. The molecule has 0 saturated carbocycles. The third-order valence-corrected chi connectivity index (χ3v) is 3.71. The Balaban J connectivity index is 2.87. The van der Waals surface area contributed by atoms with E-state index in [4.69, 9.17) is 15.2 Å². The fourth-order valence-electron chi connectivity index (χ4n) is 2.24. The molecule has 0 saturated heterocycles. The van der Waals surface area contributed by atoms with Crippen molar-refractivity contribution >= 4 is 21.9 Å². The van der Waals surface area contributed by atoms with Crippen LogP contribution in [0.15, 0.2) is 22.7 Å². The second kappa shape index (κ2) is 7.09. The highest BCUT2D eigenvalue weighted by Gasteiger charge is 2.27. The lowest BCUT2D eigenvalue weighted by molar-refractivity contribution is -0.143. The second-order valence-electron chi connectivity index (χ2n) is 5.61. The number of methoxy groups -OCH3 is 2. The fourth-order valence-corrected chi connectivity index (χ4v) is 2.61. The summed E-state index contributed by atoms with van der Waals surface area (Å²) in [6, 6.07) is 5.54. The van der Waals surface area contributed by atoms with Crippen molar-refractivity contribution in [2.24, 2.45) is 11.1 Å². The zero-order chi connectivity index (χ0) is 15.3. The van der Waals surface area contributed by atoms with Crippen LogP contribution in [-0.2, 0) is 9.53 Å². The van der Waals surface area contributed by atoms with E-state index in [0.29, 0.717) is 12.8 Å². The van der Waals surface area contributed by atoms with E-state index in [1.807, 2.05) is 32.0 Å². The Kier molecular flexibility index (Phi) is 6.02. The minimum absolute atomic E-state index is 0.206. The summed E-state index contributed by atoms with van der Waals surface area (Å²) in [5, 5.41) is 0. The number of benzene rings is 1. The standard InChI is InChI=1S/C15H22BrNO3/c1-15(2,9-14(18)20-4)8-12(17)11-7-10(16)5-6-13(11)19-3/h5-7,12H,8-9,17H2,1-4H3. The quantitative estimate of drug-likeness (QED) is 0.803. The van der Waals surface area contributed by atoms with Gasteiger partial charge in [-0.15, -0.1) is 0 Å². The van der Waals surface area contributed by atoms with Crippen LogP contribution in [-0.4, -0.2) is 20.2 Å². The molecule has 4 nitrogen and oxygen atoms in total. The Hall–Kier alpha value is -1.07. The smallest absolute Gasteiger partial charge is 0.306 e. The first kappa shape index (κ1) is 17.0. The lowest BCUT2D eigenvalue weighted by Gasteiger charge is -2.27. The number of halogens is 1. The minimum atomic E-state index is -0.236. The zero-order valence-corrected chi connectivity index (χ0v) is 14.0. The highest BCUT2D eigenvalue weighted by Crippen LogP contribution is 2.36. The summed E-state index contributed by atoms with van der Waals surface area (Å²) in [6.45, 7) is 4.02. The summed E-state index contributed by atoms with van der Waals surface area (Å²) in [6.07, 6.45) is 1.00. The number of carbonyl (C=O) groups excluding carboxylic acids is 1. The molecule has 20 heavy (non-hydrogen) atoms. The van der Waals surface area contributed by atoms with E-state index in [0.717, 1.165) is 15.8 Å². The molecule has 0 fully saturated rings. The molecule has 0 aliphatic carbocycles. The van der Waals surface area contributed by atoms with E-state index in [-0.39, 0.29) is 17.4 Å². The average Bonchev–Trinajstić information content (AvgIpc) is 2.37. The van der Waals surface area contributed by atoms with Crippen LogP contribution in [0.25, 0.3) is 0 Å². The van der Waals surface area contributed by atoms with Gasteiger partial charge < -0.3 is 15.2 Å². The summed E-state index contributed by atoms with van der Waals surface area (Å²) in [5.41, 5.74) is 6.98. The molecule has 0 heterocycles. The Morgan fingerprint density at radius 1 is 1.40 bits per heavy atom. The predicted molar refractivity (Wildman–Crippen MR) is 82.7 cm³/mol. The molecule has 0 aliphatic heterocycles. The number of carbonyl (C=O) groups is 1. The number of esters is 1. The molecular weight excluding hydrogens is 322 g/mol. The maximum atomic E-state index is 11.4.